The maximum Gasteiger partial charge on any atom is 0.220 e. The summed E-state index contributed by atoms with van der Waals surface area (Å²) in [5.74, 6) is -0.145. The van der Waals surface area contributed by atoms with Gasteiger partial charge in [0.15, 0.2) is 6.29 Å². The number of unbranched alkanes of at least 4 members (excludes halogenated alkanes) is 32. The quantitative estimate of drug-likeness (QED) is 0.0261. The van der Waals surface area contributed by atoms with Gasteiger partial charge in [-0.3, -0.25) is 4.79 Å². The van der Waals surface area contributed by atoms with Gasteiger partial charge in [0.2, 0.25) is 5.91 Å². The lowest BCUT2D eigenvalue weighted by molar-refractivity contribution is -0.302. The second kappa shape index (κ2) is 60.2. The predicted molar refractivity (Wildman–Crippen MR) is 345 cm³/mol. The van der Waals surface area contributed by atoms with Crippen LogP contribution in [0.25, 0.3) is 0 Å². The molecule has 0 aliphatic carbocycles. The molecule has 0 saturated carbocycles. The smallest absolute Gasteiger partial charge is 0.220 e. The van der Waals surface area contributed by atoms with E-state index in [4.69, 9.17) is 9.47 Å². The molecule has 1 aliphatic heterocycles. The summed E-state index contributed by atoms with van der Waals surface area (Å²) < 4.78 is 11.4. The summed E-state index contributed by atoms with van der Waals surface area (Å²) in [6, 6.07) is -0.724. The van der Waals surface area contributed by atoms with Crippen molar-refractivity contribution in [1.82, 2.24) is 5.32 Å². The number of hydrogen-bond acceptors (Lipinski definition) is 8. The van der Waals surface area contributed by atoms with E-state index in [1.165, 1.54) is 180 Å². The number of aliphatic hydroxyl groups is 5. The van der Waals surface area contributed by atoms with E-state index >= 15 is 0 Å². The minimum absolute atomic E-state index is 0.140. The molecule has 9 nitrogen and oxygen atoms in total. The fourth-order valence-corrected chi connectivity index (χ4v) is 10.4. The molecule has 1 saturated heterocycles. The van der Waals surface area contributed by atoms with Crippen LogP contribution in [0, 0.1) is 0 Å². The number of amides is 1. The third-order valence-electron chi connectivity index (χ3n) is 15.7. The Bertz CT molecular complexity index is 1600. The van der Waals surface area contributed by atoms with Gasteiger partial charge in [-0.2, -0.15) is 0 Å². The standard InChI is InChI=1S/C72H127NO8/c1-3-5-7-9-11-13-15-17-19-21-23-24-25-26-27-28-29-30-31-32-33-34-35-36-37-38-39-40-41-42-44-46-48-50-52-54-56-58-60-62-68(76)73-65(64-80-72-71(79)70(78)69(77)67(63-74)81-72)66(75)61-59-57-55-53-51-49-47-45-43-22-20-18-16-14-12-10-8-6-4-2/h5,7,11,13,17,19,23-24,26-27,29-30,32-33,35-36,65-67,69-72,74-75,77-79H,3-4,6,8-10,12,14-16,18,20-22,25,28,31,34,37-64H2,1-2H3,(H,73,76)/b7-5-,13-11-,19-17-,24-23-,27-26-,30-29-,33-32-,36-35-. The highest BCUT2D eigenvalue weighted by Gasteiger charge is 2.44. The number of nitrogens with one attached hydrogen (secondary N) is 1. The molecular formula is C72H127NO8. The van der Waals surface area contributed by atoms with Gasteiger partial charge >= 0.3 is 0 Å². The highest BCUT2D eigenvalue weighted by atomic mass is 16.7. The summed E-state index contributed by atoms with van der Waals surface area (Å²) >= 11 is 0. The first-order valence-corrected chi connectivity index (χ1v) is 33.9. The van der Waals surface area contributed by atoms with Crippen molar-refractivity contribution in [3.63, 3.8) is 0 Å². The van der Waals surface area contributed by atoms with Crippen LogP contribution in [0.5, 0.6) is 0 Å². The number of allylic oxidation sites excluding steroid dienone is 16. The monoisotopic (exact) mass is 1130 g/mol. The lowest BCUT2D eigenvalue weighted by Gasteiger charge is -2.40. The van der Waals surface area contributed by atoms with Crippen LogP contribution in [-0.2, 0) is 14.3 Å². The third-order valence-corrected chi connectivity index (χ3v) is 15.7. The van der Waals surface area contributed by atoms with Crippen LogP contribution in [0.2, 0.25) is 0 Å². The van der Waals surface area contributed by atoms with Crippen LogP contribution in [-0.4, -0.2) is 87.5 Å². The van der Waals surface area contributed by atoms with E-state index in [-0.39, 0.29) is 12.5 Å². The summed E-state index contributed by atoms with van der Waals surface area (Å²) in [6.07, 6.45) is 80.3. The van der Waals surface area contributed by atoms with E-state index in [0.717, 1.165) is 89.9 Å². The molecule has 7 atom stereocenters. The van der Waals surface area contributed by atoms with Crippen LogP contribution in [0.3, 0.4) is 0 Å². The van der Waals surface area contributed by atoms with Gasteiger partial charge < -0.3 is 40.3 Å². The first-order chi connectivity index (χ1) is 39.8. The number of carbonyl (C=O) groups excluding carboxylic acids is 1. The predicted octanol–water partition coefficient (Wildman–Crippen LogP) is 18.3. The third kappa shape index (κ3) is 49.1. The van der Waals surface area contributed by atoms with Crippen molar-refractivity contribution >= 4 is 5.91 Å². The molecule has 1 amide bonds. The van der Waals surface area contributed by atoms with Crippen LogP contribution >= 0.6 is 0 Å². The van der Waals surface area contributed by atoms with E-state index in [1.807, 2.05) is 0 Å². The molecule has 0 bridgehead atoms. The van der Waals surface area contributed by atoms with Crippen molar-refractivity contribution in [3.05, 3.63) is 97.2 Å². The maximum atomic E-state index is 13.1. The minimum atomic E-state index is -1.56. The topological polar surface area (TPSA) is 149 Å². The zero-order valence-corrected chi connectivity index (χ0v) is 52.3. The molecule has 0 aromatic heterocycles. The molecule has 0 aromatic carbocycles. The molecular weight excluding hydrogens is 1010 g/mol. The van der Waals surface area contributed by atoms with Crippen LogP contribution < -0.4 is 5.32 Å². The van der Waals surface area contributed by atoms with Crippen LogP contribution in [0.1, 0.15) is 296 Å². The van der Waals surface area contributed by atoms with Gasteiger partial charge in [0.1, 0.15) is 24.4 Å². The van der Waals surface area contributed by atoms with Gasteiger partial charge in [0.25, 0.3) is 0 Å². The van der Waals surface area contributed by atoms with Crippen LogP contribution in [0.4, 0.5) is 0 Å². The SMILES string of the molecule is CC/C=C\C/C=C\C/C=C\C/C=C\C/C=C\C/C=C\C/C=C\C/C=C\CCCCCCCCCCCCCCCCC(=O)NC(COC1OC(CO)C(O)C(O)C1O)C(O)CCCCCCCCCCCCCCCCCCCCC. The number of carbonyl (C=O) groups is 1. The fourth-order valence-electron chi connectivity index (χ4n) is 10.4. The Morgan fingerprint density at radius 1 is 0.432 bits per heavy atom. The van der Waals surface area contributed by atoms with Crippen molar-refractivity contribution in [2.75, 3.05) is 13.2 Å². The van der Waals surface area contributed by atoms with Gasteiger partial charge in [-0.1, -0.05) is 310 Å². The summed E-state index contributed by atoms with van der Waals surface area (Å²) in [6.45, 7) is 3.75. The van der Waals surface area contributed by atoms with E-state index in [0.29, 0.717) is 12.8 Å². The van der Waals surface area contributed by atoms with Gasteiger partial charge in [-0.15, -0.1) is 0 Å². The molecule has 468 valence electrons. The Morgan fingerprint density at radius 2 is 0.765 bits per heavy atom. The largest absolute Gasteiger partial charge is 0.394 e. The van der Waals surface area contributed by atoms with Crippen molar-refractivity contribution < 1.29 is 39.8 Å². The Balaban J connectivity index is 2.11. The highest BCUT2D eigenvalue weighted by molar-refractivity contribution is 5.76. The van der Waals surface area contributed by atoms with E-state index in [9.17, 15) is 30.3 Å². The number of ether oxygens (including phenoxy) is 2. The highest BCUT2D eigenvalue weighted by Crippen LogP contribution is 2.23. The maximum absolute atomic E-state index is 13.1. The Labute approximate surface area is 498 Å². The first kappa shape index (κ1) is 76.1. The van der Waals surface area contributed by atoms with Crippen molar-refractivity contribution in [2.45, 2.75) is 339 Å². The number of hydrogen-bond donors (Lipinski definition) is 6. The van der Waals surface area contributed by atoms with Gasteiger partial charge in [0, 0.05) is 6.42 Å². The molecule has 6 N–H and O–H groups in total. The Morgan fingerprint density at radius 3 is 1.14 bits per heavy atom. The lowest BCUT2D eigenvalue weighted by Crippen LogP contribution is -2.60. The van der Waals surface area contributed by atoms with Gasteiger partial charge in [-0.05, 0) is 77.0 Å². The number of aliphatic hydroxyl groups excluding tert-OH is 5. The summed E-state index contributed by atoms with van der Waals surface area (Å²) in [7, 11) is 0. The Hall–Kier alpha value is -2.89. The average molecular weight is 1130 g/mol. The second-order valence-electron chi connectivity index (χ2n) is 23.2. The minimum Gasteiger partial charge on any atom is -0.394 e. The molecule has 81 heavy (non-hydrogen) atoms. The Kier molecular flexibility index (Phi) is 56.6. The van der Waals surface area contributed by atoms with Gasteiger partial charge in [0.05, 0.1) is 25.4 Å². The molecule has 1 heterocycles. The van der Waals surface area contributed by atoms with E-state index < -0.39 is 49.5 Å². The average Bonchev–Trinajstić information content (AvgIpc) is 3.48. The molecule has 1 rings (SSSR count). The normalized spacial score (nSPS) is 19.0. The fraction of sp³-hybridized carbons (Fsp3) is 0.764. The van der Waals surface area contributed by atoms with Crippen molar-refractivity contribution in [2.24, 2.45) is 0 Å². The molecule has 7 unspecified atom stereocenters. The van der Waals surface area contributed by atoms with E-state index in [1.54, 1.807) is 0 Å². The van der Waals surface area contributed by atoms with Gasteiger partial charge in [-0.25, -0.2) is 0 Å². The van der Waals surface area contributed by atoms with Crippen molar-refractivity contribution in [3.8, 4) is 0 Å². The molecule has 9 heteroatoms. The molecule has 0 spiro atoms. The second-order valence-corrected chi connectivity index (χ2v) is 23.2. The zero-order valence-electron chi connectivity index (χ0n) is 52.3. The van der Waals surface area contributed by atoms with E-state index in [2.05, 4.69) is 116 Å². The molecule has 0 radical (unpaired) electrons. The van der Waals surface area contributed by atoms with Crippen LogP contribution in [0.15, 0.2) is 97.2 Å². The summed E-state index contributed by atoms with van der Waals surface area (Å²) in [5.41, 5.74) is 0. The summed E-state index contributed by atoms with van der Waals surface area (Å²) in [4.78, 5) is 13.1. The molecule has 1 aliphatic rings. The molecule has 1 fully saturated rings. The zero-order chi connectivity index (χ0) is 58.6. The lowest BCUT2D eigenvalue weighted by atomic mass is 9.99. The number of rotatable bonds is 58. The molecule has 0 aromatic rings. The first-order valence-electron chi connectivity index (χ1n) is 33.9. The summed E-state index contributed by atoms with van der Waals surface area (Å²) in [5, 5.41) is 54.9. The van der Waals surface area contributed by atoms with Crippen molar-refractivity contribution in [1.29, 1.82) is 0 Å².